The number of benzene rings is 1. The normalized spacial score (nSPS) is 12.2. The largest absolute Gasteiger partial charge is 0.321 e. The molecule has 0 bridgehead atoms. The van der Waals surface area contributed by atoms with Gasteiger partial charge in [0.15, 0.2) is 11.0 Å². The first-order valence-corrected chi connectivity index (χ1v) is 6.94. The minimum atomic E-state index is 0.110. The van der Waals surface area contributed by atoms with E-state index in [4.69, 9.17) is 23.2 Å². The van der Waals surface area contributed by atoms with Gasteiger partial charge >= 0.3 is 0 Å². The molecule has 0 saturated carbocycles. The van der Waals surface area contributed by atoms with E-state index in [0.29, 0.717) is 11.0 Å². The predicted molar refractivity (Wildman–Crippen MR) is 80.5 cm³/mol. The maximum absolute atomic E-state index is 6.00. The molecule has 0 N–H and O–H groups in total. The Hall–Kier alpha value is -1.32. The molecule has 1 aromatic carbocycles. The second-order valence-electron chi connectivity index (χ2n) is 4.39. The van der Waals surface area contributed by atoms with Crippen molar-refractivity contribution in [2.45, 2.75) is 19.9 Å². The van der Waals surface area contributed by atoms with Crippen molar-refractivity contribution in [1.82, 2.24) is 10.2 Å². The molecule has 0 aliphatic heterocycles. The summed E-state index contributed by atoms with van der Waals surface area (Å²) in [7, 11) is 0. The molecule has 0 radical (unpaired) electrons. The summed E-state index contributed by atoms with van der Waals surface area (Å²) in [5, 5.41) is 8.57. The summed E-state index contributed by atoms with van der Waals surface area (Å²) in [6.07, 6.45) is 0. The Balaban J connectivity index is 2.46. The van der Waals surface area contributed by atoms with Crippen LogP contribution in [0.15, 0.2) is 36.4 Å². The van der Waals surface area contributed by atoms with Crippen LogP contribution in [-0.4, -0.2) is 22.1 Å². The standard InChI is InChI=1S/C14H15Cl2N3/c1-10-8-13(17-18-14(10)16)19(11(2)9-15)12-6-4-3-5-7-12/h3-8,11H,9H2,1-2H3. The first-order valence-electron chi connectivity index (χ1n) is 6.03. The maximum atomic E-state index is 6.00. The third-order valence-corrected chi connectivity index (χ3v) is 3.68. The molecular formula is C14H15Cl2N3. The SMILES string of the molecule is Cc1cc(N(c2ccccc2)C(C)CCl)nnc1Cl. The van der Waals surface area contributed by atoms with Gasteiger partial charge in [0, 0.05) is 17.6 Å². The lowest BCUT2D eigenvalue weighted by Gasteiger charge is -2.29. The van der Waals surface area contributed by atoms with Gasteiger partial charge in [0.25, 0.3) is 0 Å². The molecule has 1 aromatic heterocycles. The average Bonchev–Trinajstić information content (AvgIpc) is 2.44. The molecule has 5 heteroatoms. The van der Waals surface area contributed by atoms with Gasteiger partial charge in [0.2, 0.25) is 0 Å². The predicted octanol–water partition coefficient (Wildman–Crippen LogP) is 4.20. The molecule has 2 aromatic rings. The van der Waals surface area contributed by atoms with E-state index in [9.17, 15) is 0 Å². The number of hydrogen-bond acceptors (Lipinski definition) is 3. The van der Waals surface area contributed by atoms with E-state index in [0.717, 1.165) is 17.1 Å². The summed E-state index contributed by atoms with van der Waals surface area (Å²) in [6, 6.07) is 12.0. The molecule has 3 nitrogen and oxygen atoms in total. The summed E-state index contributed by atoms with van der Waals surface area (Å²) in [5.74, 6) is 1.25. The van der Waals surface area contributed by atoms with Gasteiger partial charge < -0.3 is 4.90 Å². The zero-order valence-corrected chi connectivity index (χ0v) is 12.4. The van der Waals surface area contributed by atoms with E-state index in [-0.39, 0.29) is 6.04 Å². The van der Waals surface area contributed by atoms with Gasteiger partial charge in [-0.2, -0.15) is 0 Å². The highest BCUT2D eigenvalue weighted by Gasteiger charge is 2.18. The highest BCUT2D eigenvalue weighted by Crippen LogP contribution is 2.27. The Morgan fingerprint density at radius 3 is 2.47 bits per heavy atom. The van der Waals surface area contributed by atoms with Crippen LogP contribution in [0.4, 0.5) is 11.5 Å². The van der Waals surface area contributed by atoms with Crippen LogP contribution >= 0.6 is 23.2 Å². The second-order valence-corrected chi connectivity index (χ2v) is 5.05. The van der Waals surface area contributed by atoms with Gasteiger partial charge in [-0.15, -0.1) is 21.8 Å². The van der Waals surface area contributed by atoms with Gasteiger partial charge in [-0.3, -0.25) is 0 Å². The third kappa shape index (κ3) is 3.17. The number of anilines is 2. The quantitative estimate of drug-likeness (QED) is 0.792. The number of halogens is 2. The molecule has 19 heavy (non-hydrogen) atoms. The summed E-state index contributed by atoms with van der Waals surface area (Å²) in [4.78, 5) is 2.06. The van der Waals surface area contributed by atoms with Crippen LogP contribution < -0.4 is 4.90 Å². The number of rotatable bonds is 4. The molecule has 0 amide bonds. The zero-order chi connectivity index (χ0) is 13.8. The van der Waals surface area contributed by atoms with Crippen LogP contribution in [0.5, 0.6) is 0 Å². The van der Waals surface area contributed by atoms with E-state index in [2.05, 4.69) is 15.1 Å². The minimum absolute atomic E-state index is 0.110. The number of para-hydroxylation sites is 1. The van der Waals surface area contributed by atoms with Gasteiger partial charge in [-0.05, 0) is 37.6 Å². The zero-order valence-electron chi connectivity index (χ0n) is 10.8. The first kappa shape index (κ1) is 14.1. The molecule has 0 fully saturated rings. The van der Waals surface area contributed by atoms with Crippen LogP contribution in [0.25, 0.3) is 0 Å². The Morgan fingerprint density at radius 1 is 1.21 bits per heavy atom. The van der Waals surface area contributed by atoms with E-state index in [1.54, 1.807) is 0 Å². The van der Waals surface area contributed by atoms with E-state index < -0.39 is 0 Å². The molecule has 1 unspecified atom stereocenters. The van der Waals surface area contributed by atoms with Crippen LogP contribution in [0.3, 0.4) is 0 Å². The van der Waals surface area contributed by atoms with Gasteiger partial charge in [-0.25, -0.2) is 0 Å². The monoisotopic (exact) mass is 295 g/mol. The van der Waals surface area contributed by atoms with Crippen molar-refractivity contribution in [2.24, 2.45) is 0 Å². The van der Waals surface area contributed by atoms with E-state index in [1.807, 2.05) is 50.2 Å². The minimum Gasteiger partial charge on any atom is -0.321 e. The summed E-state index contributed by atoms with van der Waals surface area (Å²) < 4.78 is 0. The Bertz CT molecular complexity index is 546. The fourth-order valence-corrected chi connectivity index (χ4v) is 2.07. The van der Waals surface area contributed by atoms with Crippen LogP contribution in [0, 0.1) is 6.92 Å². The lowest BCUT2D eigenvalue weighted by molar-refractivity contribution is 0.771. The van der Waals surface area contributed by atoms with Crippen LogP contribution in [0.1, 0.15) is 12.5 Å². The fraction of sp³-hybridized carbons (Fsp3) is 0.286. The lowest BCUT2D eigenvalue weighted by atomic mass is 10.2. The van der Waals surface area contributed by atoms with E-state index in [1.165, 1.54) is 0 Å². The number of aryl methyl sites for hydroxylation is 1. The topological polar surface area (TPSA) is 29.0 Å². The first-order chi connectivity index (χ1) is 9.13. The maximum Gasteiger partial charge on any atom is 0.156 e. The smallest absolute Gasteiger partial charge is 0.156 e. The fourth-order valence-electron chi connectivity index (χ4n) is 1.84. The number of nitrogens with zero attached hydrogens (tertiary/aromatic N) is 3. The molecule has 0 saturated heterocycles. The van der Waals surface area contributed by atoms with E-state index >= 15 is 0 Å². The molecular weight excluding hydrogens is 281 g/mol. The van der Waals surface area contributed by atoms with Crippen LogP contribution in [-0.2, 0) is 0 Å². The van der Waals surface area contributed by atoms with Crippen molar-refractivity contribution >= 4 is 34.7 Å². The molecule has 1 heterocycles. The van der Waals surface area contributed by atoms with Gasteiger partial charge in [-0.1, -0.05) is 29.8 Å². The number of aromatic nitrogens is 2. The number of alkyl halides is 1. The highest BCUT2D eigenvalue weighted by molar-refractivity contribution is 6.30. The second kappa shape index (κ2) is 6.22. The number of hydrogen-bond donors (Lipinski definition) is 0. The molecule has 1 atom stereocenters. The summed E-state index contributed by atoms with van der Waals surface area (Å²) >= 11 is 11.9. The van der Waals surface area contributed by atoms with Gasteiger partial charge in [0.1, 0.15) is 0 Å². The summed E-state index contributed by atoms with van der Waals surface area (Å²) in [5.41, 5.74) is 1.93. The van der Waals surface area contributed by atoms with Crippen molar-refractivity contribution in [3.05, 3.63) is 47.1 Å². The third-order valence-electron chi connectivity index (χ3n) is 2.86. The molecule has 0 spiro atoms. The summed E-state index contributed by atoms with van der Waals surface area (Å²) in [6.45, 7) is 3.96. The Labute approximate surface area is 123 Å². The van der Waals surface area contributed by atoms with Gasteiger partial charge in [0.05, 0.1) is 0 Å². The Morgan fingerprint density at radius 2 is 1.89 bits per heavy atom. The van der Waals surface area contributed by atoms with Crippen molar-refractivity contribution in [2.75, 3.05) is 10.8 Å². The molecule has 100 valence electrons. The Kier molecular flexibility index (Phi) is 4.61. The van der Waals surface area contributed by atoms with Crippen molar-refractivity contribution in [3.8, 4) is 0 Å². The average molecular weight is 296 g/mol. The van der Waals surface area contributed by atoms with Crippen molar-refractivity contribution in [1.29, 1.82) is 0 Å². The van der Waals surface area contributed by atoms with Crippen molar-refractivity contribution < 1.29 is 0 Å². The van der Waals surface area contributed by atoms with Crippen molar-refractivity contribution in [3.63, 3.8) is 0 Å². The molecule has 0 aliphatic carbocycles. The molecule has 0 aliphatic rings. The van der Waals surface area contributed by atoms with Crippen LogP contribution in [0.2, 0.25) is 5.15 Å². The lowest BCUT2D eigenvalue weighted by Crippen LogP contribution is -2.30. The highest BCUT2D eigenvalue weighted by atomic mass is 35.5. The molecule has 2 rings (SSSR count).